The van der Waals surface area contributed by atoms with Crippen molar-refractivity contribution >= 4 is 11.9 Å². The summed E-state index contributed by atoms with van der Waals surface area (Å²) in [6.45, 7) is 3.21. The first-order chi connectivity index (χ1) is 12.9. The normalized spacial score (nSPS) is 14.9. The van der Waals surface area contributed by atoms with Gasteiger partial charge in [0.2, 0.25) is 5.79 Å². The van der Waals surface area contributed by atoms with Crippen LogP contribution in [0.15, 0.2) is 72.2 Å². The summed E-state index contributed by atoms with van der Waals surface area (Å²) in [5, 5.41) is 0. The van der Waals surface area contributed by atoms with Gasteiger partial charge >= 0.3 is 11.9 Å². The summed E-state index contributed by atoms with van der Waals surface area (Å²) in [5.41, 5.74) is 0.877. The van der Waals surface area contributed by atoms with E-state index in [-0.39, 0.29) is 13.2 Å². The number of hydrogen-bond acceptors (Lipinski definition) is 6. The van der Waals surface area contributed by atoms with Gasteiger partial charge in [-0.25, -0.2) is 9.59 Å². The molecule has 0 saturated heterocycles. The van der Waals surface area contributed by atoms with Crippen molar-refractivity contribution in [1.29, 1.82) is 0 Å². The van der Waals surface area contributed by atoms with Crippen molar-refractivity contribution in [3.05, 3.63) is 83.3 Å². The summed E-state index contributed by atoms with van der Waals surface area (Å²) in [4.78, 5) is 24.2. The molecule has 1 aliphatic rings. The van der Waals surface area contributed by atoms with E-state index in [1.54, 1.807) is 62.4 Å². The van der Waals surface area contributed by atoms with Crippen LogP contribution in [-0.4, -0.2) is 30.9 Å². The molecule has 0 bridgehead atoms. The minimum absolute atomic E-state index is 0.116. The van der Waals surface area contributed by atoms with Crippen molar-refractivity contribution in [2.45, 2.75) is 19.6 Å². The number of hydrogen-bond donors (Lipinski definition) is 0. The third-order valence-electron chi connectivity index (χ3n) is 3.74. The van der Waals surface area contributed by atoms with Gasteiger partial charge in [-0.15, -0.1) is 0 Å². The molecule has 0 unspecified atom stereocenters. The number of carbonyl (C=O) groups excluding carboxylic acids is 2. The average molecular weight is 368 g/mol. The first-order valence-electron chi connectivity index (χ1n) is 8.49. The molecule has 0 amide bonds. The van der Waals surface area contributed by atoms with E-state index < -0.39 is 17.7 Å². The summed E-state index contributed by atoms with van der Waals surface area (Å²) >= 11 is 0. The molecule has 27 heavy (non-hydrogen) atoms. The largest absolute Gasteiger partial charge is 0.454 e. The Labute approximate surface area is 157 Å². The molecule has 140 valence electrons. The van der Waals surface area contributed by atoms with Crippen LogP contribution >= 0.6 is 0 Å². The predicted octanol–water partition coefficient (Wildman–Crippen LogP) is 3.69. The monoisotopic (exact) mass is 368 g/mol. The first kappa shape index (κ1) is 18.5. The Morgan fingerprint density at radius 1 is 0.741 bits per heavy atom. The number of carbonyl (C=O) groups is 2. The Hall–Kier alpha value is -3.28. The van der Waals surface area contributed by atoms with Crippen molar-refractivity contribution in [2.75, 3.05) is 13.2 Å². The Bertz CT molecular complexity index is 770. The zero-order chi connectivity index (χ0) is 19.3. The van der Waals surface area contributed by atoms with Gasteiger partial charge < -0.3 is 18.9 Å². The number of ether oxygens (including phenoxy) is 4. The van der Waals surface area contributed by atoms with Gasteiger partial charge in [0, 0.05) is 13.8 Å². The van der Waals surface area contributed by atoms with Crippen molar-refractivity contribution in [2.24, 2.45) is 0 Å². The second-order valence-electron chi connectivity index (χ2n) is 6.33. The molecule has 0 saturated carbocycles. The predicted molar refractivity (Wildman–Crippen MR) is 96.7 cm³/mol. The van der Waals surface area contributed by atoms with Gasteiger partial charge in [0.25, 0.3) is 0 Å². The molecule has 1 heterocycles. The van der Waals surface area contributed by atoms with E-state index in [2.05, 4.69) is 0 Å². The fourth-order valence-electron chi connectivity index (χ4n) is 2.53. The van der Waals surface area contributed by atoms with Gasteiger partial charge in [0.1, 0.15) is 0 Å². The van der Waals surface area contributed by atoms with Crippen LogP contribution in [0.5, 0.6) is 0 Å². The standard InChI is InChI=1S/C21H20O6/c1-21(2)26-17(13-24-19(22)15-9-5-3-6-10-15)18(27-21)14-25-20(23)16-11-7-4-8-12-16/h3-12H,13-14H2,1-2H3. The summed E-state index contributed by atoms with van der Waals surface area (Å²) in [5.74, 6) is -1.23. The zero-order valence-electron chi connectivity index (χ0n) is 15.1. The fourth-order valence-corrected chi connectivity index (χ4v) is 2.53. The topological polar surface area (TPSA) is 71.1 Å². The zero-order valence-corrected chi connectivity index (χ0v) is 15.1. The Morgan fingerprint density at radius 3 is 1.48 bits per heavy atom. The quantitative estimate of drug-likeness (QED) is 0.724. The highest BCUT2D eigenvalue weighted by molar-refractivity contribution is 5.89. The van der Waals surface area contributed by atoms with E-state index in [9.17, 15) is 9.59 Å². The van der Waals surface area contributed by atoms with Crippen LogP contribution in [0, 0.1) is 0 Å². The van der Waals surface area contributed by atoms with Crippen LogP contribution < -0.4 is 0 Å². The van der Waals surface area contributed by atoms with Crippen LogP contribution in [0.1, 0.15) is 34.6 Å². The maximum atomic E-state index is 12.1. The summed E-state index contributed by atoms with van der Waals surface area (Å²) in [6.07, 6.45) is 0. The lowest BCUT2D eigenvalue weighted by Gasteiger charge is -2.18. The average Bonchev–Trinajstić information content (AvgIpc) is 2.99. The third kappa shape index (κ3) is 4.88. The summed E-state index contributed by atoms with van der Waals surface area (Å²) in [6, 6.07) is 17.3. The van der Waals surface area contributed by atoms with Crippen LogP contribution in [-0.2, 0) is 18.9 Å². The van der Waals surface area contributed by atoms with E-state index in [4.69, 9.17) is 18.9 Å². The Morgan fingerprint density at radius 2 is 1.11 bits per heavy atom. The maximum absolute atomic E-state index is 12.1. The minimum Gasteiger partial charge on any atom is -0.454 e. The highest BCUT2D eigenvalue weighted by atomic mass is 16.7. The van der Waals surface area contributed by atoms with E-state index >= 15 is 0 Å². The van der Waals surface area contributed by atoms with E-state index in [0.29, 0.717) is 22.6 Å². The van der Waals surface area contributed by atoms with Gasteiger partial charge in [-0.3, -0.25) is 0 Å². The molecule has 3 rings (SSSR count). The van der Waals surface area contributed by atoms with Crippen molar-refractivity contribution in [1.82, 2.24) is 0 Å². The van der Waals surface area contributed by atoms with Crippen LogP contribution in [0.3, 0.4) is 0 Å². The van der Waals surface area contributed by atoms with Gasteiger partial charge in [-0.2, -0.15) is 0 Å². The van der Waals surface area contributed by atoms with Crippen molar-refractivity contribution in [3.63, 3.8) is 0 Å². The maximum Gasteiger partial charge on any atom is 0.338 e. The smallest absolute Gasteiger partial charge is 0.338 e. The molecule has 6 nitrogen and oxygen atoms in total. The van der Waals surface area contributed by atoms with Crippen LogP contribution in [0.25, 0.3) is 0 Å². The second-order valence-corrected chi connectivity index (χ2v) is 6.33. The molecule has 0 aliphatic carbocycles. The van der Waals surface area contributed by atoms with E-state index in [1.165, 1.54) is 0 Å². The van der Waals surface area contributed by atoms with Gasteiger partial charge in [-0.1, -0.05) is 36.4 Å². The van der Waals surface area contributed by atoms with Gasteiger partial charge in [-0.05, 0) is 24.3 Å². The molecule has 0 N–H and O–H groups in total. The molecule has 0 fully saturated rings. The Balaban J connectivity index is 1.63. The van der Waals surface area contributed by atoms with Crippen molar-refractivity contribution < 1.29 is 28.5 Å². The third-order valence-corrected chi connectivity index (χ3v) is 3.74. The van der Waals surface area contributed by atoms with E-state index in [1.807, 2.05) is 12.1 Å². The lowest BCUT2D eigenvalue weighted by atomic mass is 10.2. The molecular weight excluding hydrogens is 348 g/mol. The summed E-state index contributed by atoms with van der Waals surface area (Å²) in [7, 11) is 0. The highest BCUT2D eigenvalue weighted by Gasteiger charge is 2.35. The van der Waals surface area contributed by atoms with Gasteiger partial charge in [0.05, 0.1) is 11.1 Å². The number of esters is 2. The van der Waals surface area contributed by atoms with Crippen molar-refractivity contribution in [3.8, 4) is 0 Å². The van der Waals surface area contributed by atoms with Gasteiger partial charge in [0.15, 0.2) is 24.7 Å². The molecule has 0 radical (unpaired) electrons. The number of rotatable bonds is 6. The van der Waals surface area contributed by atoms with E-state index in [0.717, 1.165) is 0 Å². The van der Waals surface area contributed by atoms with Crippen LogP contribution in [0.2, 0.25) is 0 Å². The summed E-state index contributed by atoms with van der Waals surface area (Å²) < 4.78 is 21.9. The molecule has 0 spiro atoms. The molecule has 2 aromatic rings. The number of benzene rings is 2. The lowest BCUT2D eigenvalue weighted by Crippen LogP contribution is -2.22. The first-order valence-corrected chi connectivity index (χ1v) is 8.49. The highest BCUT2D eigenvalue weighted by Crippen LogP contribution is 2.31. The SMILES string of the molecule is CC1(C)OC(COC(=O)c2ccccc2)=C(COC(=O)c2ccccc2)O1. The minimum atomic E-state index is -0.928. The molecular formula is C21H20O6. The lowest BCUT2D eigenvalue weighted by molar-refractivity contribution is -0.129. The van der Waals surface area contributed by atoms with Crippen LogP contribution in [0.4, 0.5) is 0 Å². The molecule has 0 aromatic heterocycles. The molecule has 6 heteroatoms. The molecule has 2 aromatic carbocycles. The molecule has 0 atom stereocenters. The Kier molecular flexibility index (Phi) is 5.45. The molecule has 1 aliphatic heterocycles. The fraction of sp³-hybridized carbons (Fsp3) is 0.238. The second kappa shape index (κ2) is 7.95.